The van der Waals surface area contributed by atoms with Gasteiger partial charge in [0.1, 0.15) is 5.78 Å². The number of unbranched alkanes of at least 4 members (excludes halogenated alkanes) is 1. The first-order chi connectivity index (χ1) is 14.0. The van der Waals surface area contributed by atoms with E-state index in [1.54, 1.807) is 24.9 Å². The van der Waals surface area contributed by atoms with Crippen molar-refractivity contribution in [3.8, 4) is 0 Å². The lowest BCUT2D eigenvalue weighted by Crippen LogP contribution is -2.20. The van der Waals surface area contributed by atoms with Crippen molar-refractivity contribution in [2.45, 2.75) is 50.9 Å². The molecule has 0 spiro atoms. The molecule has 0 aliphatic heterocycles. The Hall–Kier alpha value is -1.18. The number of benzene rings is 1. The van der Waals surface area contributed by atoms with Crippen molar-refractivity contribution in [1.29, 1.82) is 0 Å². The van der Waals surface area contributed by atoms with E-state index in [0.717, 1.165) is 41.9 Å². The summed E-state index contributed by atoms with van der Waals surface area (Å²) in [5, 5.41) is 29.5. The summed E-state index contributed by atoms with van der Waals surface area (Å²) in [6.45, 7) is 0.760. The highest BCUT2D eigenvalue weighted by Gasteiger charge is 2.39. The molecule has 0 aromatic heterocycles. The Bertz CT molecular complexity index is 648. The fraction of sp³-hybridized carbons (Fsp3) is 0.609. The smallest absolute Gasteiger partial charge is 0.139 e. The van der Waals surface area contributed by atoms with Crippen molar-refractivity contribution >= 4 is 17.5 Å². The van der Waals surface area contributed by atoms with E-state index in [4.69, 9.17) is 9.84 Å². The molecule has 0 amide bonds. The molecule has 0 heterocycles. The molecule has 1 aliphatic rings. The second kappa shape index (κ2) is 13.2. The molecular weight excluding hydrogens is 388 g/mol. The van der Waals surface area contributed by atoms with Gasteiger partial charge >= 0.3 is 0 Å². The zero-order valence-electron chi connectivity index (χ0n) is 17.2. The van der Waals surface area contributed by atoms with Crippen LogP contribution in [-0.4, -0.2) is 58.5 Å². The van der Waals surface area contributed by atoms with Crippen LogP contribution in [0.1, 0.15) is 36.8 Å². The van der Waals surface area contributed by atoms with Crippen LogP contribution in [0.5, 0.6) is 0 Å². The van der Waals surface area contributed by atoms with Crippen LogP contribution in [0.2, 0.25) is 0 Å². The van der Waals surface area contributed by atoms with Gasteiger partial charge in [0.15, 0.2) is 0 Å². The van der Waals surface area contributed by atoms with Crippen molar-refractivity contribution in [1.82, 2.24) is 0 Å². The second-order valence-corrected chi connectivity index (χ2v) is 8.89. The molecule has 6 heteroatoms. The molecule has 162 valence electrons. The summed E-state index contributed by atoms with van der Waals surface area (Å²) in [7, 11) is 1.66. The Kier molecular flexibility index (Phi) is 11.0. The monoisotopic (exact) mass is 422 g/mol. The first-order valence-corrected chi connectivity index (χ1v) is 11.5. The van der Waals surface area contributed by atoms with E-state index < -0.39 is 12.2 Å². The third-order valence-electron chi connectivity index (χ3n) is 5.31. The van der Waals surface area contributed by atoms with Crippen molar-refractivity contribution in [2.24, 2.45) is 11.8 Å². The van der Waals surface area contributed by atoms with Gasteiger partial charge in [-0.25, -0.2) is 0 Å². The average Bonchev–Trinajstić information content (AvgIpc) is 2.96. The number of carbonyl (C=O) groups excluding carboxylic acids is 1. The Morgan fingerprint density at radius 1 is 1.28 bits per heavy atom. The number of hydrogen-bond donors (Lipinski definition) is 3. The summed E-state index contributed by atoms with van der Waals surface area (Å²) in [6.07, 6.45) is 5.43. The first-order valence-electron chi connectivity index (χ1n) is 10.4. The molecule has 1 aromatic carbocycles. The largest absolute Gasteiger partial charge is 0.396 e. The minimum atomic E-state index is -0.666. The quantitative estimate of drug-likeness (QED) is 0.335. The van der Waals surface area contributed by atoms with Crippen molar-refractivity contribution in [3.05, 3.63) is 47.5 Å². The molecule has 29 heavy (non-hydrogen) atoms. The van der Waals surface area contributed by atoms with Gasteiger partial charge in [-0.15, -0.1) is 0 Å². The van der Waals surface area contributed by atoms with E-state index in [1.165, 1.54) is 0 Å². The van der Waals surface area contributed by atoms with Gasteiger partial charge in [-0.2, -0.15) is 11.8 Å². The summed E-state index contributed by atoms with van der Waals surface area (Å²) < 4.78 is 5.15. The van der Waals surface area contributed by atoms with Crippen LogP contribution in [0.15, 0.2) is 36.4 Å². The number of hydrogen-bond acceptors (Lipinski definition) is 6. The van der Waals surface area contributed by atoms with Crippen LogP contribution >= 0.6 is 11.8 Å². The average molecular weight is 423 g/mol. The van der Waals surface area contributed by atoms with Gasteiger partial charge in [-0.3, -0.25) is 4.79 Å². The molecule has 1 saturated carbocycles. The molecule has 0 saturated heterocycles. The van der Waals surface area contributed by atoms with Gasteiger partial charge in [0.2, 0.25) is 0 Å². The van der Waals surface area contributed by atoms with E-state index in [2.05, 4.69) is 0 Å². The second-order valence-electron chi connectivity index (χ2n) is 7.66. The molecule has 3 N–H and O–H groups in total. The molecule has 1 fully saturated rings. The Morgan fingerprint density at radius 3 is 2.83 bits per heavy atom. The summed E-state index contributed by atoms with van der Waals surface area (Å²) in [6, 6.07) is 7.93. The van der Waals surface area contributed by atoms with E-state index in [0.29, 0.717) is 13.0 Å². The number of ketones is 1. The summed E-state index contributed by atoms with van der Waals surface area (Å²) in [5.41, 5.74) is 2.09. The van der Waals surface area contributed by atoms with Crippen molar-refractivity contribution in [3.63, 3.8) is 0 Å². The normalized spacial score (nSPS) is 23.2. The lowest BCUT2D eigenvalue weighted by Gasteiger charge is -2.18. The molecule has 1 aliphatic carbocycles. The maximum Gasteiger partial charge on any atom is 0.139 e. The number of rotatable bonds is 13. The standard InChI is InChI=1S/C23H34O5S/c1-28-16-18-6-4-5-17(13-18)14-19(25)7-8-20-21(23(27)15-22(20)26)9-12-29-11-3-2-10-24/h4-8,13,19-22,24-26H,2-3,9-12,14-16H2,1H3/t19-,20-,21-,22-/m1/s1. The highest BCUT2D eigenvalue weighted by Crippen LogP contribution is 2.34. The zero-order chi connectivity index (χ0) is 21.1. The highest BCUT2D eigenvalue weighted by atomic mass is 32.2. The van der Waals surface area contributed by atoms with Gasteiger partial charge in [-0.05, 0) is 41.9 Å². The van der Waals surface area contributed by atoms with Gasteiger partial charge < -0.3 is 20.1 Å². The molecule has 2 rings (SSSR count). The number of carbonyl (C=O) groups is 1. The maximum atomic E-state index is 12.3. The predicted octanol–water partition coefficient (Wildman–Crippen LogP) is 2.75. The third-order valence-corrected chi connectivity index (χ3v) is 6.41. The van der Waals surface area contributed by atoms with E-state index in [-0.39, 0.29) is 30.6 Å². The molecular formula is C23H34O5S. The Balaban J connectivity index is 1.86. The Labute approximate surface area is 178 Å². The van der Waals surface area contributed by atoms with Crippen LogP contribution in [-0.2, 0) is 22.6 Å². The lowest BCUT2D eigenvalue weighted by molar-refractivity contribution is -0.121. The fourth-order valence-electron chi connectivity index (χ4n) is 3.80. The summed E-state index contributed by atoms with van der Waals surface area (Å²) in [4.78, 5) is 12.3. The molecule has 0 radical (unpaired) electrons. The topological polar surface area (TPSA) is 87.0 Å². The van der Waals surface area contributed by atoms with E-state index in [1.807, 2.05) is 30.3 Å². The van der Waals surface area contributed by atoms with Crippen LogP contribution in [0.4, 0.5) is 0 Å². The molecule has 1 aromatic rings. The molecule has 0 bridgehead atoms. The van der Waals surface area contributed by atoms with Crippen molar-refractivity contribution < 1.29 is 24.9 Å². The van der Waals surface area contributed by atoms with Crippen LogP contribution in [0.3, 0.4) is 0 Å². The number of ether oxygens (including phenoxy) is 1. The number of aliphatic hydroxyl groups is 3. The minimum absolute atomic E-state index is 0.116. The number of methoxy groups -OCH3 is 1. The van der Waals surface area contributed by atoms with Gasteiger partial charge in [-0.1, -0.05) is 36.4 Å². The molecule has 0 unspecified atom stereocenters. The fourth-order valence-corrected chi connectivity index (χ4v) is 4.83. The van der Waals surface area contributed by atoms with Crippen molar-refractivity contribution in [2.75, 3.05) is 25.2 Å². The SMILES string of the molecule is COCc1cccc(C[C@H](O)C=C[C@H]2[C@H](O)CC(=O)[C@@H]2CCSCCCCO)c1. The minimum Gasteiger partial charge on any atom is -0.396 e. The number of thioether (sulfide) groups is 1. The third kappa shape index (κ3) is 8.22. The number of aliphatic hydroxyl groups excluding tert-OH is 3. The zero-order valence-corrected chi connectivity index (χ0v) is 18.0. The van der Waals surface area contributed by atoms with Gasteiger partial charge in [0.05, 0.1) is 18.8 Å². The van der Waals surface area contributed by atoms with Gasteiger partial charge in [0, 0.05) is 38.4 Å². The maximum absolute atomic E-state index is 12.3. The first kappa shape index (κ1) is 24.1. The number of Topliss-reactive ketones (excluding diaryl/α,β-unsaturated/α-hetero) is 1. The molecule has 5 nitrogen and oxygen atoms in total. The van der Waals surface area contributed by atoms with Crippen LogP contribution in [0.25, 0.3) is 0 Å². The van der Waals surface area contributed by atoms with E-state index >= 15 is 0 Å². The highest BCUT2D eigenvalue weighted by molar-refractivity contribution is 7.99. The lowest BCUT2D eigenvalue weighted by atomic mass is 9.91. The van der Waals surface area contributed by atoms with Crippen LogP contribution < -0.4 is 0 Å². The Morgan fingerprint density at radius 2 is 2.07 bits per heavy atom. The summed E-state index contributed by atoms with van der Waals surface area (Å²) in [5.74, 6) is 1.56. The van der Waals surface area contributed by atoms with Gasteiger partial charge in [0.25, 0.3) is 0 Å². The predicted molar refractivity (Wildman–Crippen MR) is 117 cm³/mol. The molecule has 4 atom stereocenters. The van der Waals surface area contributed by atoms with E-state index in [9.17, 15) is 15.0 Å². The summed E-state index contributed by atoms with van der Waals surface area (Å²) >= 11 is 1.79. The van der Waals surface area contributed by atoms with Crippen LogP contribution in [0, 0.1) is 11.8 Å².